The molecule has 2 heterocycles. The SMILES string of the molecule is [C-]#[N+]c1ccc(-c2cc(N)nn2-c2cccc(-c3cn[nH]c3)c2)cc1F. The van der Waals surface area contributed by atoms with E-state index in [2.05, 4.69) is 20.1 Å². The monoisotopic (exact) mass is 344 g/mol. The van der Waals surface area contributed by atoms with Crippen LogP contribution in [0.1, 0.15) is 0 Å². The number of H-pyrrole nitrogens is 1. The molecule has 4 aromatic rings. The van der Waals surface area contributed by atoms with Gasteiger partial charge in [0.25, 0.3) is 0 Å². The molecule has 0 fully saturated rings. The first kappa shape index (κ1) is 15.6. The summed E-state index contributed by atoms with van der Waals surface area (Å²) >= 11 is 0. The minimum absolute atomic E-state index is 0.0188. The molecule has 126 valence electrons. The average Bonchev–Trinajstić information content (AvgIpc) is 3.31. The fourth-order valence-corrected chi connectivity index (χ4v) is 2.78. The summed E-state index contributed by atoms with van der Waals surface area (Å²) in [6, 6.07) is 13.8. The van der Waals surface area contributed by atoms with Gasteiger partial charge in [-0.1, -0.05) is 24.3 Å². The van der Waals surface area contributed by atoms with Crippen molar-refractivity contribution in [2.75, 3.05) is 5.73 Å². The van der Waals surface area contributed by atoms with Crippen molar-refractivity contribution in [3.63, 3.8) is 0 Å². The predicted molar refractivity (Wildman–Crippen MR) is 97.2 cm³/mol. The van der Waals surface area contributed by atoms with Gasteiger partial charge in [0.15, 0.2) is 0 Å². The molecule has 0 unspecified atom stereocenters. The van der Waals surface area contributed by atoms with Gasteiger partial charge in [-0.3, -0.25) is 5.10 Å². The van der Waals surface area contributed by atoms with Crippen LogP contribution in [0.4, 0.5) is 15.9 Å². The van der Waals surface area contributed by atoms with Crippen LogP contribution in [0, 0.1) is 12.4 Å². The number of halogens is 1. The molecule has 0 saturated heterocycles. The maximum Gasteiger partial charge on any atom is 0.222 e. The van der Waals surface area contributed by atoms with E-state index in [1.165, 1.54) is 12.1 Å². The topological polar surface area (TPSA) is 76.9 Å². The highest BCUT2D eigenvalue weighted by atomic mass is 19.1. The van der Waals surface area contributed by atoms with Gasteiger partial charge >= 0.3 is 0 Å². The first-order chi connectivity index (χ1) is 12.7. The van der Waals surface area contributed by atoms with Crippen LogP contribution in [0.15, 0.2) is 60.9 Å². The third-order valence-corrected chi connectivity index (χ3v) is 4.01. The van der Waals surface area contributed by atoms with Crippen LogP contribution in [0.2, 0.25) is 0 Å². The molecule has 3 N–H and O–H groups in total. The van der Waals surface area contributed by atoms with Crippen LogP contribution < -0.4 is 5.73 Å². The Labute approximate surface area is 148 Å². The Balaban J connectivity index is 1.83. The van der Waals surface area contributed by atoms with Crippen molar-refractivity contribution in [2.24, 2.45) is 0 Å². The molecule has 26 heavy (non-hydrogen) atoms. The Morgan fingerprint density at radius 1 is 1.08 bits per heavy atom. The molecule has 0 aliphatic heterocycles. The fourth-order valence-electron chi connectivity index (χ4n) is 2.78. The zero-order valence-electron chi connectivity index (χ0n) is 13.5. The molecule has 2 aromatic heterocycles. The van der Waals surface area contributed by atoms with Gasteiger partial charge in [0, 0.05) is 23.4 Å². The van der Waals surface area contributed by atoms with Crippen molar-refractivity contribution in [3.8, 4) is 28.1 Å². The van der Waals surface area contributed by atoms with Crippen LogP contribution in [-0.4, -0.2) is 20.0 Å². The first-order valence-corrected chi connectivity index (χ1v) is 7.78. The molecule has 4 rings (SSSR count). The number of anilines is 1. The van der Waals surface area contributed by atoms with Crippen molar-refractivity contribution in [3.05, 3.63) is 78.2 Å². The Morgan fingerprint density at radius 2 is 1.96 bits per heavy atom. The number of nitrogens with two attached hydrogens (primary N) is 1. The van der Waals surface area contributed by atoms with Crippen molar-refractivity contribution in [1.82, 2.24) is 20.0 Å². The van der Waals surface area contributed by atoms with E-state index in [9.17, 15) is 4.39 Å². The second-order valence-electron chi connectivity index (χ2n) is 5.68. The summed E-state index contributed by atoms with van der Waals surface area (Å²) in [4.78, 5) is 3.15. The van der Waals surface area contributed by atoms with Gasteiger partial charge in [0.1, 0.15) is 11.6 Å². The largest absolute Gasteiger partial charge is 0.382 e. The fraction of sp³-hybridized carbons (Fsp3) is 0. The van der Waals surface area contributed by atoms with Gasteiger partial charge < -0.3 is 5.73 Å². The summed E-state index contributed by atoms with van der Waals surface area (Å²) < 4.78 is 15.7. The van der Waals surface area contributed by atoms with E-state index in [-0.39, 0.29) is 5.69 Å². The quantitative estimate of drug-likeness (QED) is 0.547. The van der Waals surface area contributed by atoms with E-state index < -0.39 is 5.82 Å². The number of hydrogen-bond donors (Lipinski definition) is 2. The number of aromatic amines is 1. The summed E-state index contributed by atoms with van der Waals surface area (Å²) in [6.45, 7) is 6.97. The van der Waals surface area contributed by atoms with E-state index in [1.54, 1.807) is 29.2 Å². The summed E-state index contributed by atoms with van der Waals surface area (Å²) in [6.07, 6.45) is 3.53. The number of nitrogens with zero attached hydrogens (tertiary/aromatic N) is 4. The zero-order chi connectivity index (χ0) is 18.1. The van der Waals surface area contributed by atoms with E-state index in [4.69, 9.17) is 12.3 Å². The molecule has 0 bridgehead atoms. The summed E-state index contributed by atoms with van der Waals surface area (Å²) in [5.74, 6) is -0.251. The third kappa shape index (κ3) is 2.70. The lowest BCUT2D eigenvalue weighted by molar-refractivity contribution is 0.634. The standard InChI is InChI=1S/C19H13FN6/c1-22-17-6-5-13(8-16(17)20)18-9-19(21)25-26(18)15-4-2-3-12(7-15)14-10-23-24-11-14/h2-11H,(H2,21,25)(H,23,24). The summed E-state index contributed by atoms with van der Waals surface area (Å²) in [5.41, 5.74) is 9.80. The lowest BCUT2D eigenvalue weighted by Crippen LogP contribution is -2.00. The van der Waals surface area contributed by atoms with E-state index in [0.717, 1.165) is 16.8 Å². The smallest absolute Gasteiger partial charge is 0.222 e. The lowest BCUT2D eigenvalue weighted by atomic mass is 10.1. The Morgan fingerprint density at radius 3 is 2.69 bits per heavy atom. The number of benzene rings is 2. The van der Waals surface area contributed by atoms with E-state index >= 15 is 0 Å². The van der Waals surface area contributed by atoms with Gasteiger partial charge in [-0.2, -0.15) is 10.2 Å². The molecule has 2 aromatic carbocycles. The van der Waals surface area contributed by atoms with Gasteiger partial charge in [-0.25, -0.2) is 13.9 Å². The second kappa shape index (κ2) is 6.18. The number of nitrogens with one attached hydrogen (secondary N) is 1. The maximum absolute atomic E-state index is 14.0. The average molecular weight is 344 g/mol. The number of rotatable bonds is 3. The van der Waals surface area contributed by atoms with Gasteiger partial charge in [-0.05, 0) is 23.8 Å². The molecule has 6 nitrogen and oxygen atoms in total. The number of hydrogen-bond acceptors (Lipinski definition) is 3. The van der Waals surface area contributed by atoms with Gasteiger partial charge in [0.05, 0.1) is 24.2 Å². The minimum atomic E-state index is -0.573. The Bertz CT molecular complexity index is 1120. The molecule has 0 amide bonds. The molecular weight excluding hydrogens is 331 g/mol. The number of aromatic nitrogens is 4. The van der Waals surface area contributed by atoms with Crippen LogP contribution >= 0.6 is 0 Å². The third-order valence-electron chi connectivity index (χ3n) is 4.01. The van der Waals surface area contributed by atoms with Crippen LogP contribution in [0.5, 0.6) is 0 Å². The van der Waals surface area contributed by atoms with Gasteiger partial charge in [-0.15, -0.1) is 0 Å². The van der Waals surface area contributed by atoms with E-state index in [1.807, 2.05) is 24.3 Å². The lowest BCUT2D eigenvalue weighted by Gasteiger charge is -2.09. The Hall–Kier alpha value is -3.92. The Kier molecular flexibility index (Phi) is 3.71. The van der Waals surface area contributed by atoms with Gasteiger partial charge in [0.2, 0.25) is 5.69 Å². The molecule has 0 aliphatic rings. The first-order valence-electron chi connectivity index (χ1n) is 7.78. The van der Waals surface area contributed by atoms with Crippen LogP contribution in [0.3, 0.4) is 0 Å². The second-order valence-corrected chi connectivity index (χ2v) is 5.68. The van der Waals surface area contributed by atoms with Crippen LogP contribution in [0.25, 0.3) is 32.9 Å². The highest BCUT2D eigenvalue weighted by Crippen LogP contribution is 2.30. The van der Waals surface area contributed by atoms with Crippen molar-refractivity contribution in [1.29, 1.82) is 0 Å². The zero-order valence-corrected chi connectivity index (χ0v) is 13.5. The van der Waals surface area contributed by atoms with Crippen molar-refractivity contribution < 1.29 is 4.39 Å². The molecule has 0 radical (unpaired) electrons. The normalized spacial score (nSPS) is 10.6. The van der Waals surface area contributed by atoms with Crippen molar-refractivity contribution in [2.45, 2.75) is 0 Å². The maximum atomic E-state index is 14.0. The molecule has 0 saturated carbocycles. The molecule has 0 aliphatic carbocycles. The molecular formula is C19H13FN6. The summed E-state index contributed by atoms with van der Waals surface area (Å²) in [5, 5.41) is 11.1. The highest BCUT2D eigenvalue weighted by molar-refractivity contribution is 5.70. The molecule has 0 atom stereocenters. The molecule has 7 heteroatoms. The summed E-state index contributed by atoms with van der Waals surface area (Å²) in [7, 11) is 0. The minimum Gasteiger partial charge on any atom is -0.382 e. The van der Waals surface area contributed by atoms with Crippen LogP contribution in [-0.2, 0) is 0 Å². The predicted octanol–water partition coefficient (Wildman–Crippen LogP) is 4.20. The molecule has 0 spiro atoms. The van der Waals surface area contributed by atoms with E-state index in [0.29, 0.717) is 17.1 Å². The highest BCUT2D eigenvalue weighted by Gasteiger charge is 2.13. The van der Waals surface area contributed by atoms with Crippen molar-refractivity contribution >= 4 is 11.5 Å². The number of nitrogen functional groups attached to an aromatic ring is 1.